The second kappa shape index (κ2) is 12.6. The Bertz CT molecular complexity index is 1120. The SMILES string of the molecule is COc1ccc(C(=O)Nc2ccc(CC[C@H]3O[C@@H](CC(=O)N4CCC[C@H]4CO)[C@H]([Si](C)(C)F)[C@H]3C)cc2)cc1. The van der Waals surface area contributed by atoms with Gasteiger partial charge in [-0.1, -0.05) is 19.1 Å². The lowest BCUT2D eigenvalue weighted by molar-refractivity contribution is -0.135. The molecule has 2 saturated heterocycles. The first-order valence-electron chi connectivity index (χ1n) is 13.9. The number of hydrogen-bond donors (Lipinski definition) is 2. The second-order valence-corrected chi connectivity index (χ2v) is 15.1. The van der Waals surface area contributed by atoms with Crippen LogP contribution in [0.4, 0.5) is 9.80 Å². The minimum atomic E-state index is -3.08. The van der Waals surface area contributed by atoms with Gasteiger partial charge in [-0.05, 0) is 86.7 Å². The number of ether oxygens (including phenoxy) is 2. The van der Waals surface area contributed by atoms with E-state index in [1.807, 2.05) is 24.3 Å². The molecule has 0 radical (unpaired) electrons. The van der Waals surface area contributed by atoms with Gasteiger partial charge >= 0.3 is 0 Å². The van der Waals surface area contributed by atoms with Crippen molar-refractivity contribution in [2.45, 2.75) is 75.9 Å². The highest BCUT2D eigenvalue weighted by Gasteiger charge is 2.52. The maximum Gasteiger partial charge on any atom is 0.255 e. The van der Waals surface area contributed by atoms with Gasteiger partial charge in [0.15, 0.2) is 0 Å². The van der Waals surface area contributed by atoms with E-state index in [-0.39, 0.29) is 48.4 Å². The van der Waals surface area contributed by atoms with Gasteiger partial charge < -0.3 is 28.9 Å². The number of nitrogens with one attached hydrogen (secondary N) is 1. The summed E-state index contributed by atoms with van der Waals surface area (Å²) in [6, 6.07) is 14.5. The Morgan fingerprint density at radius 1 is 1.13 bits per heavy atom. The number of aliphatic hydroxyl groups is 1. The molecule has 0 aliphatic carbocycles. The van der Waals surface area contributed by atoms with Gasteiger partial charge in [0.1, 0.15) is 5.75 Å². The van der Waals surface area contributed by atoms with E-state index >= 15 is 4.11 Å². The number of halogens is 1. The smallest absolute Gasteiger partial charge is 0.255 e. The van der Waals surface area contributed by atoms with Crippen molar-refractivity contribution in [2.75, 3.05) is 25.6 Å². The molecule has 0 unspecified atom stereocenters. The molecule has 212 valence electrons. The number of nitrogens with zero attached hydrogens (tertiary/aromatic N) is 1. The third kappa shape index (κ3) is 7.07. The standard InChI is InChI=1S/C30H41FN2O5Si/c1-20-26(38-27(29(20)39(3,4)31)18-28(35)33-17-5-6-24(33)19-34)16-9-21-7-12-23(13-8-21)32-30(36)22-10-14-25(37-2)15-11-22/h7-8,10-15,20,24,26-27,29,34H,5-6,9,16-19H2,1-4H3,(H,32,36)/t20-,24-,26+,27-,29+/m0/s1. The fraction of sp³-hybridized carbons (Fsp3) is 0.533. The number of rotatable bonds is 10. The molecule has 2 aliphatic rings. The molecule has 0 bridgehead atoms. The van der Waals surface area contributed by atoms with Gasteiger partial charge in [0.2, 0.25) is 14.3 Å². The zero-order valence-electron chi connectivity index (χ0n) is 23.4. The molecule has 2 N–H and O–H groups in total. The van der Waals surface area contributed by atoms with Crippen molar-refractivity contribution in [3.8, 4) is 5.75 Å². The number of hydrogen-bond acceptors (Lipinski definition) is 5. The van der Waals surface area contributed by atoms with Crippen LogP contribution in [0.1, 0.15) is 48.5 Å². The summed E-state index contributed by atoms with van der Waals surface area (Å²) in [7, 11) is -1.50. The molecule has 0 aromatic heterocycles. The van der Waals surface area contributed by atoms with Crippen molar-refractivity contribution in [3.05, 3.63) is 59.7 Å². The van der Waals surface area contributed by atoms with Crippen molar-refractivity contribution in [3.63, 3.8) is 0 Å². The van der Waals surface area contributed by atoms with Gasteiger partial charge in [0.05, 0.1) is 38.4 Å². The number of methoxy groups -OCH3 is 1. The first-order valence-corrected chi connectivity index (χ1v) is 16.8. The van der Waals surface area contributed by atoms with Crippen molar-refractivity contribution >= 4 is 25.9 Å². The van der Waals surface area contributed by atoms with E-state index in [0.717, 1.165) is 31.2 Å². The molecular weight excluding hydrogens is 515 g/mol. The van der Waals surface area contributed by atoms with Crippen LogP contribution in [-0.4, -0.2) is 68.7 Å². The van der Waals surface area contributed by atoms with Crippen molar-refractivity contribution in [1.82, 2.24) is 4.90 Å². The summed E-state index contributed by atoms with van der Waals surface area (Å²) in [5.74, 6) is 0.479. The molecule has 5 atom stereocenters. The molecule has 39 heavy (non-hydrogen) atoms. The van der Waals surface area contributed by atoms with Gasteiger partial charge in [-0.25, -0.2) is 0 Å². The number of amides is 2. The number of likely N-dealkylation sites (tertiary alicyclic amines) is 1. The summed E-state index contributed by atoms with van der Waals surface area (Å²) in [6.45, 7) is 6.09. The normalized spacial score (nSPS) is 25.1. The number of carbonyl (C=O) groups excluding carboxylic acids is 2. The molecule has 2 aliphatic heterocycles. The van der Waals surface area contributed by atoms with Crippen LogP contribution in [0, 0.1) is 5.92 Å². The minimum Gasteiger partial charge on any atom is -0.497 e. The van der Waals surface area contributed by atoms with E-state index in [4.69, 9.17) is 9.47 Å². The monoisotopic (exact) mass is 556 g/mol. The van der Waals surface area contributed by atoms with Crippen LogP contribution in [0.5, 0.6) is 5.75 Å². The zero-order chi connectivity index (χ0) is 28.2. The Hall–Kier alpha value is -2.75. The number of anilines is 1. The van der Waals surface area contributed by atoms with Gasteiger partial charge in [0.25, 0.3) is 5.91 Å². The van der Waals surface area contributed by atoms with Crippen molar-refractivity contribution in [1.29, 1.82) is 0 Å². The quantitative estimate of drug-likeness (QED) is 0.310. The van der Waals surface area contributed by atoms with Crippen LogP contribution in [-0.2, 0) is 16.0 Å². The molecule has 0 spiro atoms. The second-order valence-electron chi connectivity index (χ2n) is 11.4. The Kier molecular flexibility index (Phi) is 9.46. The van der Waals surface area contributed by atoms with Crippen molar-refractivity contribution < 1.29 is 28.3 Å². The summed E-state index contributed by atoms with van der Waals surface area (Å²) in [5.41, 5.74) is 2.10. The van der Waals surface area contributed by atoms with E-state index in [1.54, 1.807) is 49.4 Å². The third-order valence-electron chi connectivity index (χ3n) is 8.26. The number of carbonyl (C=O) groups is 2. The minimum absolute atomic E-state index is 0.0183. The fourth-order valence-electron chi connectivity index (χ4n) is 6.23. The molecule has 2 aromatic rings. The van der Waals surface area contributed by atoms with Crippen molar-refractivity contribution in [2.24, 2.45) is 5.92 Å². The number of aryl methyl sites for hydroxylation is 1. The maximum atomic E-state index is 15.5. The van der Waals surface area contributed by atoms with Crippen LogP contribution in [0.2, 0.25) is 18.6 Å². The van der Waals surface area contributed by atoms with Gasteiger partial charge in [-0.15, -0.1) is 0 Å². The highest BCUT2D eigenvalue weighted by molar-refractivity contribution is 6.72. The Balaban J connectivity index is 1.34. The fourth-order valence-corrected chi connectivity index (χ4v) is 8.77. The summed E-state index contributed by atoms with van der Waals surface area (Å²) in [4.78, 5) is 27.3. The molecule has 2 aromatic carbocycles. The van der Waals surface area contributed by atoms with Gasteiger partial charge in [-0.2, -0.15) is 0 Å². The lowest BCUT2D eigenvalue weighted by Gasteiger charge is -2.30. The summed E-state index contributed by atoms with van der Waals surface area (Å²) in [5, 5.41) is 12.5. The number of aliphatic hydroxyl groups excluding tert-OH is 1. The third-order valence-corrected chi connectivity index (χ3v) is 10.7. The average molecular weight is 557 g/mol. The lowest BCUT2D eigenvalue weighted by Crippen LogP contribution is -2.42. The van der Waals surface area contributed by atoms with Crippen LogP contribution < -0.4 is 10.1 Å². The van der Waals surface area contributed by atoms with E-state index in [0.29, 0.717) is 23.5 Å². The molecular formula is C30H41FN2O5Si. The molecule has 2 heterocycles. The van der Waals surface area contributed by atoms with E-state index in [2.05, 4.69) is 12.2 Å². The highest BCUT2D eigenvalue weighted by Crippen LogP contribution is 2.47. The topological polar surface area (TPSA) is 88.1 Å². The maximum absolute atomic E-state index is 15.5. The highest BCUT2D eigenvalue weighted by atomic mass is 28.4. The predicted octanol–water partition coefficient (Wildman–Crippen LogP) is 5.20. The lowest BCUT2D eigenvalue weighted by atomic mass is 9.95. The molecule has 0 saturated carbocycles. The predicted molar refractivity (Wildman–Crippen MR) is 152 cm³/mol. The molecule has 7 nitrogen and oxygen atoms in total. The van der Waals surface area contributed by atoms with Gasteiger partial charge in [0, 0.05) is 23.3 Å². The largest absolute Gasteiger partial charge is 0.497 e. The molecule has 4 rings (SSSR count). The summed E-state index contributed by atoms with van der Waals surface area (Å²) >= 11 is 0. The first-order chi connectivity index (χ1) is 18.6. The summed E-state index contributed by atoms with van der Waals surface area (Å²) in [6.07, 6.45) is 2.79. The van der Waals surface area contributed by atoms with E-state index in [1.165, 1.54) is 0 Å². The average Bonchev–Trinajstić information content (AvgIpc) is 3.52. The van der Waals surface area contributed by atoms with Crippen LogP contribution >= 0.6 is 0 Å². The molecule has 2 amide bonds. The van der Waals surface area contributed by atoms with E-state index in [9.17, 15) is 14.7 Å². The van der Waals surface area contributed by atoms with Crippen LogP contribution in [0.15, 0.2) is 48.5 Å². The Labute approximate surface area is 231 Å². The summed E-state index contributed by atoms with van der Waals surface area (Å²) < 4.78 is 27.0. The zero-order valence-corrected chi connectivity index (χ0v) is 24.4. The first kappa shape index (κ1) is 29.2. The molecule has 9 heteroatoms. The van der Waals surface area contributed by atoms with E-state index < -0.39 is 14.5 Å². The Morgan fingerprint density at radius 2 is 1.82 bits per heavy atom. The Morgan fingerprint density at radius 3 is 2.44 bits per heavy atom. The molecule has 2 fully saturated rings. The van der Waals surface area contributed by atoms with Crippen LogP contribution in [0.25, 0.3) is 0 Å². The van der Waals surface area contributed by atoms with Crippen LogP contribution in [0.3, 0.4) is 0 Å². The van der Waals surface area contributed by atoms with Gasteiger partial charge in [-0.3, -0.25) is 9.59 Å². The number of benzene rings is 2.